The van der Waals surface area contributed by atoms with Crippen LogP contribution in [-0.4, -0.2) is 47.4 Å². The fourth-order valence-electron chi connectivity index (χ4n) is 3.16. The average molecular weight is 286 g/mol. The number of pyridine rings is 2. The van der Waals surface area contributed by atoms with E-state index in [1.807, 2.05) is 38.4 Å². The van der Waals surface area contributed by atoms with Gasteiger partial charge in [-0.2, -0.15) is 0 Å². The molecule has 1 fully saturated rings. The van der Waals surface area contributed by atoms with Crippen LogP contribution in [0.3, 0.4) is 0 Å². The molecule has 5 heteroatoms. The molecule has 0 spiro atoms. The van der Waals surface area contributed by atoms with E-state index in [4.69, 9.17) is 0 Å². The number of piperidine rings is 1. The van der Waals surface area contributed by atoms with Gasteiger partial charge in [-0.1, -0.05) is 0 Å². The van der Waals surface area contributed by atoms with Gasteiger partial charge >= 0.3 is 0 Å². The molecule has 1 saturated heterocycles. The van der Waals surface area contributed by atoms with E-state index in [0.717, 1.165) is 41.8 Å². The molecule has 0 bridgehead atoms. The highest BCUT2D eigenvalue weighted by atomic mass is 16.3. The lowest BCUT2D eigenvalue weighted by Gasteiger charge is -2.40. The van der Waals surface area contributed by atoms with Gasteiger partial charge in [0.25, 0.3) is 0 Å². The molecule has 112 valence electrons. The number of hydrogen-bond acceptors (Lipinski definition) is 5. The maximum atomic E-state index is 10.7. The van der Waals surface area contributed by atoms with Crippen molar-refractivity contribution in [3.05, 3.63) is 30.1 Å². The van der Waals surface area contributed by atoms with Crippen LogP contribution in [0.1, 0.15) is 18.5 Å². The third-order valence-electron chi connectivity index (χ3n) is 4.10. The summed E-state index contributed by atoms with van der Waals surface area (Å²) in [5, 5.41) is 13.8. The van der Waals surface area contributed by atoms with Crippen LogP contribution in [0, 0.1) is 6.92 Å². The van der Waals surface area contributed by atoms with Gasteiger partial charge in [-0.05, 0) is 45.0 Å². The van der Waals surface area contributed by atoms with E-state index in [9.17, 15) is 5.11 Å². The maximum Gasteiger partial charge on any atom is 0.112 e. The first-order valence-electron chi connectivity index (χ1n) is 7.46. The molecule has 0 saturated carbocycles. The molecule has 3 heterocycles. The Morgan fingerprint density at radius 3 is 3.05 bits per heavy atom. The lowest BCUT2D eigenvalue weighted by molar-refractivity contribution is 0.0282. The maximum absolute atomic E-state index is 10.7. The van der Waals surface area contributed by atoms with Crippen LogP contribution >= 0.6 is 0 Å². The molecule has 21 heavy (non-hydrogen) atoms. The first kappa shape index (κ1) is 14.2. The van der Waals surface area contributed by atoms with Crippen LogP contribution in [0.2, 0.25) is 0 Å². The second-order valence-corrected chi connectivity index (χ2v) is 5.93. The SMILES string of the molecule is CNC[C@]1(O)CCCN(c2ccnc3ccc(C)nc23)C1. The normalized spacial score (nSPS) is 22.7. The standard InChI is InChI=1S/C16H22N4O/c1-12-4-5-13-15(19-12)14(6-8-18-13)20-9-3-7-16(21,11-20)10-17-2/h4-6,8,17,21H,3,7,9-11H2,1-2H3/t16-/m1/s1. The summed E-state index contributed by atoms with van der Waals surface area (Å²) in [6.07, 6.45) is 3.63. The molecule has 3 rings (SSSR count). The van der Waals surface area contributed by atoms with Crippen molar-refractivity contribution in [3.8, 4) is 0 Å². The van der Waals surface area contributed by atoms with Crippen molar-refractivity contribution in [2.24, 2.45) is 0 Å². The summed E-state index contributed by atoms with van der Waals surface area (Å²) in [5.41, 5.74) is 3.20. The second-order valence-electron chi connectivity index (χ2n) is 5.93. The molecule has 2 aromatic rings. The van der Waals surface area contributed by atoms with E-state index in [-0.39, 0.29) is 0 Å². The summed E-state index contributed by atoms with van der Waals surface area (Å²) in [7, 11) is 1.88. The van der Waals surface area contributed by atoms with Crippen LogP contribution in [0.25, 0.3) is 11.0 Å². The highest BCUT2D eigenvalue weighted by Crippen LogP contribution is 2.29. The van der Waals surface area contributed by atoms with Gasteiger partial charge in [0.05, 0.1) is 16.8 Å². The van der Waals surface area contributed by atoms with Crippen molar-refractivity contribution in [2.45, 2.75) is 25.4 Å². The number of aromatic nitrogens is 2. The Bertz CT molecular complexity index is 641. The fraction of sp³-hybridized carbons (Fsp3) is 0.500. The zero-order chi connectivity index (χ0) is 14.9. The van der Waals surface area contributed by atoms with E-state index in [0.29, 0.717) is 13.1 Å². The van der Waals surface area contributed by atoms with Crippen LogP contribution < -0.4 is 10.2 Å². The Morgan fingerprint density at radius 2 is 2.24 bits per heavy atom. The molecule has 0 aliphatic carbocycles. The summed E-state index contributed by atoms with van der Waals surface area (Å²) >= 11 is 0. The average Bonchev–Trinajstić information content (AvgIpc) is 2.46. The molecular formula is C16H22N4O. The molecule has 1 aliphatic heterocycles. The largest absolute Gasteiger partial charge is 0.387 e. The minimum atomic E-state index is -0.674. The lowest BCUT2D eigenvalue weighted by Crippen LogP contribution is -2.53. The van der Waals surface area contributed by atoms with Crippen molar-refractivity contribution in [3.63, 3.8) is 0 Å². The van der Waals surface area contributed by atoms with Crippen LogP contribution in [-0.2, 0) is 0 Å². The van der Waals surface area contributed by atoms with E-state index in [2.05, 4.69) is 20.2 Å². The van der Waals surface area contributed by atoms with Crippen molar-refractivity contribution in [1.82, 2.24) is 15.3 Å². The Morgan fingerprint density at radius 1 is 1.38 bits per heavy atom. The Labute approximate surface area is 125 Å². The number of rotatable bonds is 3. The summed E-state index contributed by atoms with van der Waals surface area (Å²) in [4.78, 5) is 11.3. The molecule has 1 aliphatic rings. The predicted octanol–water partition coefficient (Wildman–Crippen LogP) is 1.49. The van der Waals surface area contributed by atoms with Gasteiger partial charge in [-0.15, -0.1) is 0 Å². The van der Waals surface area contributed by atoms with Crippen LogP contribution in [0.4, 0.5) is 5.69 Å². The molecule has 2 N–H and O–H groups in total. The fourth-order valence-corrected chi connectivity index (χ4v) is 3.16. The summed E-state index contributed by atoms with van der Waals surface area (Å²) in [5.74, 6) is 0. The van der Waals surface area contributed by atoms with Crippen molar-refractivity contribution in [2.75, 3.05) is 31.6 Å². The predicted molar refractivity (Wildman–Crippen MR) is 84.6 cm³/mol. The number of hydrogen-bond donors (Lipinski definition) is 2. The number of β-amino-alcohol motifs (C(OH)–C–C–N with tert-alkyl or cyclic N) is 1. The van der Waals surface area contributed by atoms with Gasteiger partial charge in [0.1, 0.15) is 5.52 Å². The lowest BCUT2D eigenvalue weighted by atomic mass is 9.92. The van der Waals surface area contributed by atoms with Crippen LogP contribution in [0.15, 0.2) is 24.4 Å². The highest BCUT2D eigenvalue weighted by Gasteiger charge is 2.33. The third-order valence-corrected chi connectivity index (χ3v) is 4.10. The van der Waals surface area contributed by atoms with Gasteiger partial charge < -0.3 is 15.3 Å². The molecular weight excluding hydrogens is 264 g/mol. The van der Waals surface area contributed by atoms with Gasteiger partial charge in [0.15, 0.2) is 0 Å². The smallest absolute Gasteiger partial charge is 0.112 e. The molecule has 5 nitrogen and oxygen atoms in total. The van der Waals surface area contributed by atoms with Gasteiger partial charge in [-0.3, -0.25) is 4.98 Å². The van der Waals surface area contributed by atoms with E-state index < -0.39 is 5.60 Å². The highest BCUT2D eigenvalue weighted by molar-refractivity contribution is 5.88. The topological polar surface area (TPSA) is 61.3 Å². The number of anilines is 1. The first-order valence-corrected chi connectivity index (χ1v) is 7.46. The molecule has 0 aromatic carbocycles. The minimum absolute atomic E-state index is 0.610. The zero-order valence-electron chi connectivity index (χ0n) is 12.6. The molecule has 0 amide bonds. The number of likely N-dealkylation sites (N-methyl/N-ethyl adjacent to an activating group) is 1. The number of nitrogens with one attached hydrogen (secondary N) is 1. The molecule has 0 radical (unpaired) electrons. The van der Waals surface area contributed by atoms with Crippen molar-refractivity contribution < 1.29 is 5.11 Å². The summed E-state index contributed by atoms with van der Waals surface area (Å²) in [6, 6.07) is 5.98. The Balaban J connectivity index is 1.98. The molecule has 2 aromatic heterocycles. The van der Waals surface area contributed by atoms with Crippen LogP contribution in [0.5, 0.6) is 0 Å². The summed E-state index contributed by atoms with van der Waals surface area (Å²) in [6.45, 7) is 4.17. The monoisotopic (exact) mass is 286 g/mol. The van der Waals surface area contributed by atoms with Crippen molar-refractivity contribution >= 4 is 16.7 Å². The molecule has 0 unspecified atom stereocenters. The second kappa shape index (κ2) is 5.58. The van der Waals surface area contributed by atoms with E-state index >= 15 is 0 Å². The zero-order valence-corrected chi connectivity index (χ0v) is 12.6. The number of fused-ring (bicyclic) bond motifs is 1. The van der Waals surface area contributed by atoms with E-state index in [1.54, 1.807) is 0 Å². The number of nitrogens with zero attached hydrogens (tertiary/aromatic N) is 3. The van der Waals surface area contributed by atoms with Gasteiger partial charge in [-0.25, -0.2) is 4.98 Å². The van der Waals surface area contributed by atoms with Crippen molar-refractivity contribution in [1.29, 1.82) is 0 Å². The third kappa shape index (κ3) is 2.84. The Hall–Kier alpha value is -1.72. The number of aryl methyl sites for hydroxylation is 1. The van der Waals surface area contributed by atoms with Gasteiger partial charge in [0, 0.05) is 31.5 Å². The minimum Gasteiger partial charge on any atom is -0.387 e. The van der Waals surface area contributed by atoms with E-state index in [1.165, 1.54) is 0 Å². The first-order chi connectivity index (χ1) is 10.1. The Kier molecular flexibility index (Phi) is 3.78. The quantitative estimate of drug-likeness (QED) is 0.895. The summed E-state index contributed by atoms with van der Waals surface area (Å²) < 4.78 is 0. The van der Waals surface area contributed by atoms with Gasteiger partial charge in [0.2, 0.25) is 0 Å². The molecule has 1 atom stereocenters. The number of aliphatic hydroxyl groups is 1.